The van der Waals surface area contributed by atoms with Crippen LogP contribution in [0.4, 0.5) is 5.69 Å². The highest BCUT2D eigenvalue weighted by Gasteiger charge is 2.35. The molecule has 0 saturated heterocycles. The van der Waals surface area contributed by atoms with Crippen LogP contribution in [0.3, 0.4) is 0 Å². The summed E-state index contributed by atoms with van der Waals surface area (Å²) in [5.41, 5.74) is 14.7. The van der Waals surface area contributed by atoms with Gasteiger partial charge < -0.3 is 5.73 Å². The summed E-state index contributed by atoms with van der Waals surface area (Å²) in [7, 11) is 0. The van der Waals surface area contributed by atoms with E-state index in [4.69, 9.17) is 5.73 Å². The Kier molecular flexibility index (Phi) is 2.67. The van der Waals surface area contributed by atoms with E-state index in [2.05, 4.69) is 68.4 Å². The van der Waals surface area contributed by atoms with E-state index >= 15 is 0 Å². The topological polar surface area (TPSA) is 26.0 Å². The maximum atomic E-state index is 5.80. The van der Waals surface area contributed by atoms with E-state index in [0.29, 0.717) is 0 Å². The van der Waals surface area contributed by atoms with Crippen LogP contribution in [0.25, 0.3) is 22.3 Å². The first-order valence-corrected chi connectivity index (χ1v) is 7.68. The van der Waals surface area contributed by atoms with E-state index in [1.807, 2.05) is 12.1 Å². The molecular weight excluding hydrogens is 266 g/mol. The normalized spacial score (nSPS) is 14.5. The summed E-state index contributed by atoms with van der Waals surface area (Å²) in [6.07, 6.45) is 0. The average molecular weight is 285 g/mol. The summed E-state index contributed by atoms with van der Waals surface area (Å²) in [6.45, 7) is 4.62. The van der Waals surface area contributed by atoms with Crippen LogP contribution in [-0.4, -0.2) is 0 Å². The summed E-state index contributed by atoms with van der Waals surface area (Å²) >= 11 is 0. The molecule has 4 rings (SSSR count). The Bertz CT molecular complexity index is 857. The van der Waals surface area contributed by atoms with Gasteiger partial charge in [-0.2, -0.15) is 0 Å². The van der Waals surface area contributed by atoms with Gasteiger partial charge in [0.2, 0.25) is 0 Å². The van der Waals surface area contributed by atoms with Crippen LogP contribution in [0.1, 0.15) is 25.0 Å². The fourth-order valence-corrected chi connectivity index (χ4v) is 3.56. The zero-order valence-electron chi connectivity index (χ0n) is 12.9. The summed E-state index contributed by atoms with van der Waals surface area (Å²) in [4.78, 5) is 0. The molecule has 0 spiro atoms. The molecule has 0 bridgehead atoms. The molecule has 1 aliphatic carbocycles. The average Bonchev–Trinajstić information content (AvgIpc) is 2.77. The molecule has 22 heavy (non-hydrogen) atoms. The first-order valence-electron chi connectivity index (χ1n) is 7.68. The van der Waals surface area contributed by atoms with Crippen molar-refractivity contribution in [2.45, 2.75) is 19.3 Å². The van der Waals surface area contributed by atoms with Crippen LogP contribution in [-0.2, 0) is 5.41 Å². The van der Waals surface area contributed by atoms with Crippen molar-refractivity contribution in [1.29, 1.82) is 0 Å². The molecule has 3 aromatic carbocycles. The predicted molar refractivity (Wildman–Crippen MR) is 93.9 cm³/mol. The van der Waals surface area contributed by atoms with Crippen molar-refractivity contribution < 1.29 is 0 Å². The third kappa shape index (κ3) is 1.79. The van der Waals surface area contributed by atoms with Gasteiger partial charge in [-0.1, -0.05) is 62.4 Å². The molecule has 0 saturated carbocycles. The number of hydrogen-bond donors (Lipinski definition) is 1. The van der Waals surface area contributed by atoms with Gasteiger partial charge in [0.25, 0.3) is 0 Å². The lowest BCUT2D eigenvalue weighted by Gasteiger charge is -2.22. The molecule has 0 radical (unpaired) electrons. The van der Waals surface area contributed by atoms with E-state index in [1.54, 1.807) is 0 Å². The lowest BCUT2D eigenvalue weighted by atomic mass is 9.81. The molecule has 0 heterocycles. The number of anilines is 1. The summed E-state index contributed by atoms with van der Waals surface area (Å²) < 4.78 is 0. The lowest BCUT2D eigenvalue weighted by Crippen LogP contribution is -2.14. The first-order chi connectivity index (χ1) is 10.6. The van der Waals surface area contributed by atoms with Crippen LogP contribution in [0, 0.1) is 0 Å². The molecule has 2 N–H and O–H groups in total. The minimum absolute atomic E-state index is 0.0513. The maximum Gasteiger partial charge on any atom is 0.0314 e. The van der Waals surface area contributed by atoms with E-state index in [0.717, 1.165) is 5.69 Å². The second kappa shape index (κ2) is 4.48. The van der Waals surface area contributed by atoms with Crippen LogP contribution < -0.4 is 5.73 Å². The van der Waals surface area contributed by atoms with E-state index in [-0.39, 0.29) is 5.41 Å². The van der Waals surface area contributed by atoms with E-state index < -0.39 is 0 Å². The van der Waals surface area contributed by atoms with Crippen molar-refractivity contribution in [1.82, 2.24) is 0 Å². The van der Waals surface area contributed by atoms with Gasteiger partial charge in [0.05, 0.1) is 0 Å². The van der Waals surface area contributed by atoms with E-state index in [1.165, 1.54) is 33.4 Å². The molecule has 0 aromatic heterocycles. The van der Waals surface area contributed by atoms with Crippen molar-refractivity contribution in [3.8, 4) is 22.3 Å². The maximum absolute atomic E-state index is 5.80. The molecule has 0 fully saturated rings. The molecule has 0 atom stereocenters. The quantitative estimate of drug-likeness (QED) is 0.608. The molecule has 3 aromatic rings. The number of nitrogens with two attached hydrogens (primary N) is 1. The Balaban J connectivity index is 1.90. The monoisotopic (exact) mass is 285 g/mol. The van der Waals surface area contributed by atoms with Gasteiger partial charge in [-0.25, -0.2) is 0 Å². The minimum Gasteiger partial charge on any atom is -0.399 e. The zero-order chi connectivity index (χ0) is 15.3. The molecule has 0 amide bonds. The van der Waals surface area contributed by atoms with Crippen molar-refractivity contribution in [2.24, 2.45) is 0 Å². The number of hydrogen-bond acceptors (Lipinski definition) is 1. The highest BCUT2D eigenvalue weighted by molar-refractivity contribution is 5.83. The number of fused-ring (bicyclic) bond motifs is 3. The van der Waals surface area contributed by atoms with Gasteiger partial charge in [0, 0.05) is 11.1 Å². The molecule has 1 nitrogen and oxygen atoms in total. The van der Waals surface area contributed by atoms with Crippen LogP contribution >= 0.6 is 0 Å². The molecule has 108 valence electrons. The Labute approximate surface area is 131 Å². The largest absolute Gasteiger partial charge is 0.399 e. The summed E-state index contributed by atoms with van der Waals surface area (Å²) in [5, 5.41) is 0. The molecule has 1 aliphatic rings. The van der Waals surface area contributed by atoms with Gasteiger partial charge in [0.1, 0.15) is 0 Å². The van der Waals surface area contributed by atoms with Crippen molar-refractivity contribution >= 4 is 5.69 Å². The third-order valence-corrected chi connectivity index (χ3v) is 4.83. The van der Waals surface area contributed by atoms with Gasteiger partial charge in [0.15, 0.2) is 0 Å². The van der Waals surface area contributed by atoms with Gasteiger partial charge in [-0.15, -0.1) is 0 Å². The summed E-state index contributed by atoms with van der Waals surface area (Å²) in [6, 6.07) is 23.6. The smallest absolute Gasteiger partial charge is 0.0314 e. The van der Waals surface area contributed by atoms with Crippen molar-refractivity contribution in [3.05, 3.63) is 77.9 Å². The van der Waals surface area contributed by atoms with Crippen molar-refractivity contribution in [2.75, 3.05) is 5.73 Å². The highest BCUT2D eigenvalue weighted by atomic mass is 14.5. The molecule has 0 aliphatic heterocycles. The summed E-state index contributed by atoms with van der Waals surface area (Å²) in [5.74, 6) is 0. The second-order valence-electron chi connectivity index (χ2n) is 6.55. The molecular formula is C21H19N. The van der Waals surface area contributed by atoms with Crippen molar-refractivity contribution in [3.63, 3.8) is 0 Å². The standard InChI is InChI=1S/C21H19N/c1-21(2)19-6-4-3-5-17(19)18-12-9-15(13-20(18)21)14-7-10-16(22)11-8-14/h3-13H,22H2,1-2H3. The second-order valence-corrected chi connectivity index (χ2v) is 6.55. The van der Waals surface area contributed by atoms with Crippen LogP contribution in [0.5, 0.6) is 0 Å². The first kappa shape index (κ1) is 13.1. The molecule has 0 unspecified atom stereocenters. The lowest BCUT2D eigenvalue weighted by molar-refractivity contribution is 0.660. The molecule has 1 heteroatoms. The Morgan fingerprint density at radius 3 is 2.09 bits per heavy atom. The number of rotatable bonds is 1. The Morgan fingerprint density at radius 2 is 1.32 bits per heavy atom. The third-order valence-electron chi connectivity index (χ3n) is 4.83. The fraction of sp³-hybridized carbons (Fsp3) is 0.143. The zero-order valence-corrected chi connectivity index (χ0v) is 12.9. The Morgan fingerprint density at radius 1 is 0.682 bits per heavy atom. The fourth-order valence-electron chi connectivity index (χ4n) is 3.56. The Hall–Kier alpha value is -2.54. The van der Waals surface area contributed by atoms with E-state index in [9.17, 15) is 0 Å². The highest BCUT2D eigenvalue weighted by Crippen LogP contribution is 2.49. The van der Waals surface area contributed by atoms with Crippen LogP contribution in [0.2, 0.25) is 0 Å². The van der Waals surface area contributed by atoms with Gasteiger partial charge >= 0.3 is 0 Å². The SMILES string of the molecule is CC1(C)c2ccccc2-c2ccc(-c3ccc(N)cc3)cc21. The predicted octanol–water partition coefficient (Wildman–Crippen LogP) is 5.24. The minimum atomic E-state index is 0.0513. The number of benzene rings is 3. The number of nitrogen functional groups attached to an aromatic ring is 1. The van der Waals surface area contributed by atoms with Gasteiger partial charge in [-0.3, -0.25) is 0 Å². The van der Waals surface area contributed by atoms with Gasteiger partial charge in [-0.05, 0) is 51.6 Å². The van der Waals surface area contributed by atoms with Crippen LogP contribution in [0.15, 0.2) is 66.7 Å².